The molecule has 1 aliphatic rings. The third-order valence-electron chi connectivity index (χ3n) is 4.85. The number of fused-ring (bicyclic) bond motifs is 1. The van der Waals surface area contributed by atoms with E-state index in [1.54, 1.807) is 6.20 Å². The van der Waals surface area contributed by atoms with Crippen LogP contribution in [0.1, 0.15) is 34.1 Å². The molecule has 1 aliphatic heterocycles. The second kappa shape index (κ2) is 6.20. The maximum Gasteiger partial charge on any atom is 0.261 e. The minimum Gasteiger partial charge on any atom is -0.308 e. The molecule has 0 N–H and O–H groups in total. The van der Waals surface area contributed by atoms with Gasteiger partial charge >= 0.3 is 0 Å². The molecule has 2 heterocycles. The van der Waals surface area contributed by atoms with Gasteiger partial charge in [0.15, 0.2) is 0 Å². The highest BCUT2D eigenvalue weighted by atomic mass is 16.2. The summed E-state index contributed by atoms with van der Waals surface area (Å²) in [6.07, 6.45) is 3.38. The Kier molecular flexibility index (Phi) is 3.88. The summed E-state index contributed by atoms with van der Waals surface area (Å²) < 4.78 is 1.88. The number of para-hydroxylation sites is 1. The fraction of sp³-hybridized carbons (Fsp3) is 0.238. The van der Waals surface area contributed by atoms with Gasteiger partial charge in [-0.2, -0.15) is 5.10 Å². The topological polar surface area (TPSA) is 38.1 Å². The quantitative estimate of drug-likeness (QED) is 0.729. The summed E-state index contributed by atoms with van der Waals surface area (Å²) in [7, 11) is 0. The Morgan fingerprint density at radius 3 is 2.64 bits per heavy atom. The van der Waals surface area contributed by atoms with Crippen LogP contribution in [0.3, 0.4) is 0 Å². The summed E-state index contributed by atoms with van der Waals surface area (Å²) in [6, 6.07) is 16.3. The molecular weight excluding hydrogens is 310 g/mol. The van der Waals surface area contributed by atoms with Crippen LogP contribution in [-0.2, 0) is 12.8 Å². The summed E-state index contributed by atoms with van der Waals surface area (Å²) in [5, 5.41) is 4.50. The Labute approximate surface area is 147 Å². The predicted molar refractivity (Wildman–Crippen MR) is 99.5 cm³/mol. The van der Waals surface area contributed by atoms with Gasteiger partial charge in [0.05, 0.1) is 23.1 Å². The molecule has 0 atom stereocenters. The number of carbonyl (C=O) groups excluding carboxylic acids is 1. The van der Waals surface area contributed by atoms with Crippen molar-refractivity contribution in [1.82, 2.24) is 9.78 Å². The zero-order valence-corrected chi connectivity index (χ0v) is 14.6. The van der Waals surface area contributed by atoms with Crippen LogP contribution in [0.2, 0.25) is 0 Å². The predicted octanol–water partition coefficient (Wildman–Crippen LogP) is 3.95. The summed E-state index contributed by atoms with van der Waals surface area (Å²) in [4.78, 5) is 15.0. The lowest BCUT2D eigenvalue weighted by atomic mass is 10.1. The van der Waals surface area contributed by atoms with Crippen molar-refractivity contribution in [2.24, 2.45) is 0 Å². The first-order valence-corrected chi connectivity index (χ1v) is 8.72. The molecule has 0 bridgehead atoms. The molecule has 3 aromatic rings. The fourth-order valence-electron chi connectivity index (χ4n) is 3.50. The number of benzene rings is 2. The van der Waals surface area contributed by atoms with Crippen LogP contribution in [0.15, 0.2) is 54.7 Å². The molecule has 4 nitrogen and oxygen atoms in total. The van der Waals surface area contributed by atoms with E-state index >= 15 is 0 Å². The highest BCUT2D eigenvalue weighted by Crippen LogP contribution is 2.30. The third kappa shape index (κ3) is 2.64. The van der Waals surface area contributed by atoms with Gasteiger partial charge < -0.3 is 4.90 Å². The second-order valence-corrected chi connectivity index (χ2v) is 6.44. The minimum absolute atomic E-state index is 0.0418. The monoisotopic (exact) mass is 331 g/mol. The molecular formula is C21H21N3O. The van der Waals surface area contributed by atoms with Crippen molar-refractivity contribution in [1.29, 1.82) is 0 Å². The van der Waals surface area contributed by atoms with E-state index in [1.807, 2.05) is 39.9 Å². The number of rotatable bonds is 3. The van der Waals surface area contributed by atoms with Gasteiger partial charge in [-0.15, -0.1) is 0 Å². The summed E-state index contributed by atoms with van der Waals surface area (Å²) in [5.74, 6) is 0.0418. The van der Waals surface area contributed by atoms with Gasteiger partial charge in [0, 0.05) is 12.2 Å². The number of carbonyl (C=O) groups is 1. The lowest BCUT2D eigenvalue weighted by Crippen LogP contribution is -2.29. The van der Waals surface area contributed by atoms with Gasteiger partial charge in [0.1, 0.15) is 0 Å². The van der Waals surface area contributed by atoms with Crippen molar-refractivity contribution in [3.63, 3.8) is 0 Å². The minimum atomic E-state index is 0.0418. The number of hydrogen-bond acceptors (Lipinski definition) is 2. The van der Waals surface area contributed by atoms with E-state index in [4.69, 9.17) is 0 Å². The number of nitrogens with zero attached hydrogens (tertiary/aromatic N) is 3. The molecule has 2 aromatic carbocycles. The Balaban J connectivity index is 1.72. The number of aromatic nitrogens is 2. The van der Waals surface area contributed by atoms with E-state index in [2.05, 4.69) is 37.1 Å². The average Bonchev–Trinajstić information content (AvgIpc) is 3.26. The van der Waals surface area contributed by atoms with Crippen molar-refractivity contribution in [3.05, 3.63) is 77.1 Å². The van der Waals surface area contributed by atoms with Gasteiger partial charge in [-0.25, -0.2) is 4.68 Å². The summed E-state index contributed by atoms with van der Waals surface area (Å²) >= 11 is 0. The Hall–Kier alpha value is -2.88. The normalized spacial score (nSPS) is 13.1. The standard InChI is InChI=1S/C21H21N3O/c1-3-19-18(14-22-24(19)17-10-8-15(2)9-11-17)21(25)23-13-12-16-6-4-5-7-20(16)23/h4-11,14H,3,12-13H2,1-2H3. The molecule has 1 amide bonds. The Bertz CT molecular complexity index is 925. The van der Waals surface area contributed by atoms with E-state index in [0.717, 1.165) is 36.5 Å². The Morgan fingerprint density at radius 2 is 1.88 bits per heavy atom. The number of aryl methyl sites for hydroxylation is 1. The summed E-state index contributed by atoms with van der Waals surface area (Å²) in [5.41, 5.74) is 6.11. The first kappa shape index (κ1) is 15.6. The molecule has 0 radical (unpaired) electrons. The van der Waals surface area contributed by atoms with Crippen molar-refractivity contribution >= 4 is 11.6 Å². The van der Waals surface area contributed by atoms with E-state index in [-0.39, 0.29) is 5.91 Å². The lowest BCUT2D eigenvalue weighted by molar-refractivity contribution is 0.0988. The largest absolute Gasteiger partial charge is 0.308 e. The van der Waals surface area contributed by atoms with Gasteiger partial charge in [-0.1, -0.05) is 42.8 Å². The van der Waals surface area contributed by atoms with Gasteiger partial charge in [-0.05, 0) is 43.5 Å². The average molecular weight is 331 g/mol. The smallest absolute Gasteiger partial charge is 0.261 e. The van der Waals surface area contributed by atoms with E-state index < -0.39 is 0 Å². The molecule has 0 saturated carbocycles. The molecule has 0 unspecified atom stereocenters. The van der Waals surface area contributed by atoms with Crippen LogP contribution >= 0.6 is 0 Å². The molecule has 0 aliphatic carbocycles. The molecule has 126 valence electrons. The van der Waals surface area contributed by atoms with Crippen LogP contribution in [-0.4, -0.2) is 22.2 Å². The van der Waals surface area contributed by atoms with E-state index in [9.17, 15) is 4.79 Å². The number of anilines is 1. The van der Waals surface area contributed by atoms with Crippen LogP contribution in [0.5, 0.6) is 0 Å². The molecule has 0 fully saturated rings. The van der Waals surface area contributed by atoms with Gasteiger partial charge in [0.25, 0.3) is 5.91 Å². The second-order valence-electron chi connectivity index (χ2n) is 6.44. The molecule has 25 heavy (non-hydrogen) atoms. The number of amides is 1. The zero-order valence-electron chi connectivity index (χ0n) is 14.6. The highest BCUT2D eigenvalue weighted by molar-refractivity contribution is 6.08. The molecule has 4 rings (SSSR count). The van der Waals surface area contributed by atoms with E-state index in [1.165, 1.54) is 11.1 Å². The third-order valence-corrected chi connectivity index (χ3v) is 4.85. The molecule has 0 spiro atoms. The molecule has 1 aromatic heterocycles. The lowest BCUT2D eigenvalue weighted by Gasteiger charge is -2.17. The van der Waals surface area contributed by atoms with Gasteiger partial charge in [-0.3, -0.25) is 4.79 Å². The SMILES string of the molecule is CCc1c(C(=O)N2CCc3ccccc32)cnn1-c1ccc(C)cc1. The van der Waals surface area contributed by atoms with Crippen LogP contribution in [0.25, 0.3) is 5.69 Å². The molecule has 0 saturated heterocycles. The van der Waals surface area contributed by atoms with E-state index in [0.29, 0.717) is 5.56 Å². The van der Waals surface area contributed by atoms with Gasteiger partial charge in [0.2, 0.25) is 0 Å². The molecule has 4 heteroatoms. The first-order valence-electron chi connectivity index (χ1n) is 8.72. The van der Waals surface area contributed by atoms with Crippen LogP contribution in [0.4, 0.5) is 5.69 Å². The highest BCUT2D eigenvalue weighted by Gasteiger charge is 2.28. The Morgan fingerprint density at radius 1 is 1.12 bits per heavy atom. The summed E-state index contributed by atoms with van der Waals surface area (Å²) in [6.45, 7) is 4.86. The van der Waals surface area contributed by atoms with Crippen molar-refractivity contribution < 1.29 is 4.79 Å². The van der Waals surface area contributed by atoms with Crippen molar-refractivity contribution in [2.45, 2.75) is 26.7 Å². The maximum atomic E-state index is 13.2. The maximum absolute atomic E-state index is 13.2. The fourth-order valence-corrected chi connectivity index (χ4v) is 3.50. The van der Waals surface area contributed by atoms with Crippen molar-refractivity contribution in [3.8, 4) is 5.69 Å². The number of hydrogen-bond donors (Lipinski definition) is 0. The van der Waals surface area contributed by atoms with Crippen LogP contribution < -0.4 is 4.90 Å². The van der Waals surface area contributed by atoms with Crippen molar-refractivity contribution in [2.75, 3.05) is 11.4 Å². The first-order chi connectivity index (χ1) is 12.2. The zero-order chi connectivity index (χ0) is 17.4. The van der Waals surface area contributed by atoms with Crippen LogP contribution in [0, 0.1) is 6.92 Å².